The van der Waals surface area contributed by atoms with Crippen LogP contribution in [0.2, 0.25) is 0 Å². The van der Waals surface area contributed by atoms with Gasteiger partial charge in [0.1, 0.15) is 0 Å². The van der Waals surface area contributed by atoms with Crippen LogP contribution < -0.4 is 0 Å². The third kappa shape index (κ3) is 9.19. The van der Waals surface area contributed by atoms with Crippen LogP contribution >= 0.6 is 34.0 Å². The first kappa shape index (κ1) is 36.3. The largest absolute Gasteiger partial charge is 2.00 e. The van der Waals surface area contributed by atoms with Gasteiger partial charge in [0.15, 0.2) is 0 Å². The summed E-state index contributed by atoms with van der Waals surface area (Å²) in [6, 6.07) is 50.3. The van der Waals surface area contributed by atoms with E-state index in [1.54, 1.807) is 52.6 Å². The molecule has 0 saturated heterocycles. The van der Waals surface area contributed by atoms with Crippen LogP contribution in [0.4, 0.5) is 0 Å². The standard InChI is InChI=1S/2C16H11N2.C8H2S3.2Pt/c1-3-10-17-15(8-1)13-6-5-7-14(12-13)16-9-2-4-11-18-16;1-2-7-13(8-3-1)14-10-6-11-16(18-14)15-9-4-5-12-17-15;1-3-9-7-5(1)11-6-2-4-10-8(6)7;;/h1-11H;1-7,9-12H;3-4H;;/q2*-1;-2;2*+2. The fourth-order valence-corrected chi connectivity index (χ4v) is 7.97. The van der Waals surface area contributed by atoms with Crippen LogP contribution in [-0.4, -0.2) is 19.9 Å². The Morgan fingerprint density at radius 1 is 0.429 bits per heavy atom. The summed E-state index contributed by atoms with van der Waals surface area (Å²) >= 11 is 5.33. The average Bonchev–Trinajstić information content (AvgIpc) is 3.90. The molecule has 0 radical (unpaired) electrons. The van der Waals surface area contributed by atoms with Crippen molar-refractivity contribution < 1.29 is 42.1 Å². The molecule has 0 amide bonds. The SMILES string of the molecule is [Pt+2].[Pt+2].[c-]1c(-c2ccccn2)cccc1-c1ccccn1.[c-]1ccccc1-c1cccc(-c2ccccn2)n1.[c-]1csc2c1sc1[c-]csc12. The quantitative estimate of drug-likeness (QED) is 0.165. The van der Waals surface area contributed by atoms with Crippen LogP contribution in [0.15, 0.2) is 145 Å². The second kappa shape index (κ2) is 18.1. The first-order valence-electron chi connectivity index (χ1n) is 14.7. The van der Waals surface area contributed by atoms with Gasteiger partial charge in [0, 0.05) is 30.0 Å². The van der Waals surface area contributed by atoms with Gasteiger partial charge in [0.2, 0.25) is 0 Å². The molecule has 4 nitrogen and oxygen atoms in total. The predicted molar refractivity (Wildman–Crippen MR) is 196 cm³/mol. The Morgan fingerprint density at radius 2 is 0.918 bits per heavy atom. The van der Waals surface area contributed by atoms with Gasteiger partial charge in [-0.05, 0) is 36.0 Å². The number of fused-ring (bicyclic) bond motifs is 3. The third-order valence-corrected chi connectivity index (χ3v) is 10.1. The molecular formula is C40H24N4Pt2S3. The van der Waals surface area contributed by atoms with E-state index in [-0.39, 0.29) is 42.1 Å². The van der Waals surface area contributed by atoms with Crippen LogP contribution in [0, 0.1) is 24.3 Å². The molecule has 0 aliphatic carbocycles. The van der Waals surface area contributed by atoms with Gasteiger partial charge in [0.05, 0.1) is 11.4 Å². The van der Waals surface area contributed by atoms with Crippen molar-refractivity contribution >= 4 is 52.8 Å². The van der Waals surface area contributed by atoms with Crippen molar-refractivity contribution in [2.75, 3.05) is 0 Å². The van der Waals surface area contributed by atoms with Gasteiger partial charge in [-0.1, -0.05) is 53.6 Å². The number of benzene rings is 2. The molecule has 0 unspecified atom stereocenters. The Kier molecular flexibility index (Phi) is 13.5. The minimum absolute atomic E-state index is 0. The summed E-state index contributed by atoms with van der Waals surface area (Å²) in [6.45, 7) is 0. The number of hydrogen-bond donors (Lipinski definition) is 0. The van der Waals surface area contributed by atoms with Crippen LogP contribution in [0.5, 0.6) is 0 Å². The first-order chi connectivity index (χ1) is 23.3. The van der Waals surface area contributed by atoms with Crippen molar-refractivity contribution in [1.82, 2.24) is 19.9 Å². The molecule has 7 heterocycles. The van der Waals surface area contributed by atoms with Gasteiger partial charge in [-0.3, -0.25) is 42.6 Å². The zero-order valence-corrected chi connectivity index (χ0v) is 32.5. The maximum atomic E-state index is 4.62. The molecule has 0 fully saturated rings. The molecule has 242 valence electrons. The predicted octanol–water partition coefficient (Wildman–Crippen LogP) is 11.0. The summed E-state index contributed by atoms with van der Waals surface area (Å²) < 4.78 is 5.34. The molecule has 0 aliphatic heterocycles. The van der Waals surface area contributed by atoms with Gasteiger partial charge in [-0.15, -0.1) is 80.3 Å². The van der Waals surface area contributed by atoms with E-state index in [9.17, 15) is 0 Å². The number of pyridine rings is 4. The molecule has 9 heteroatoms. The maximum Gasteiger partial charge on any atom is 2.00 e. The number of thiophene rings is 3. The zero-order chi connectivity index (χ0) is 31.7. The molecule has 0 bridgehead atoms. The minimum Gasteiger partial charge on any atom is -0.295 e. The number of aromatic nitrogens is 4. The second-order valence-electron chi connectivity index (χ2n) is 9.99. The van der Waals surface area contributed by atoms with Crippen LogP contribution in [0.1, 0.15) is 0 Å². The summed E-state index contributed by atoms with van der Waals surface area (Å²) in [6.07, 6.45) is 5.35. The molecule has 9 aromatic rings. The van der Waals surface area contributed by atoms with Crippen LogP contribution in [-0.2, 0) is 42.1 Å². The molecule has 49 heavy (non-hydrogen) atoms. The van der Waals surface area contributed by atoms with E-state index in [1.807, 2.05) is 126 Å². The summed E-state index contributed by atoms with van der Waals surface area (Å²) in [5.74, 6) is 0. The fourth-order valence-electron chi connectivity index (χ4n) is 4.70. The van der Waals surface area contributed by atoms with Gasteiger partial charge >= 0.3 is 42.1 Å². The molecule has 9 rings (SSSR count). The molecule has 2 aromatic carbocycles. The summed E-state index contributed by atoms with van der Waals surface area (Å²) in [7, 11) is 0. The average molecular weight is 1050 g/mol. The van der Waals surface area contributed by atoms with Gasteiger partial charge < -0.3 is 0 Å². The Morgan fingerprint density at radius 3 is 1.45 bits per heavy atom. The second-order valence-corrected chi connectivity index (χ2v) is 12.8. The van der Waals surface area contributed by atoms with E-state index < -0.39 is 0 Å². The fraction of sp³-hybridized carbons (Fsp3) is 0. The van der Waals surface area contributed by atoms with Crippen molar-refractivity contribution in [3.8, 4) is 45.2 Å². The van der Waals surface area contributed by atoms with Crippen molar-refractivity contribution in [2.45, 2.75) is 0 Å². The minimum atomic E-state index is 0. The van der Waals surface area contributed by atoms with E-state index in [0.717, 1.165) is 45.2 Å². The van der Waals surface area contributed by atoms with Gasteiger partial charge in [-0.25, -0.2) is 23.5 Å². The van der Waals surface area contributed by atoms with E-state index in [1.165, 1.54) is 18.8 Å². The van der Waals surface area contributed by atoms with E-state index in [0.29, 0.717) is 0 Å². The first-order valence-corrected chi connectivity index (χ1v) is 17.3. The van der Waals surface area contributed by atoms with Crippen molar-refractivity contribution in [2.24, 2.45) is 0 Å². The molecule has 7 aromatic heterocycles. The number of rotatable bonds is 4. The zero-order valence-electron chi connectivity index (χ0n) is 25.5. The molecule has 0 atom stereocenters. The molecule has 0 saturated carbocycles. The normalized spacial score (nSPS) is 10.1. The Bertz CT molecular complexity index is 2040. The Labute approximate surface area is 326 Å². The summed E-state index contributed by atoms with van der Waals surface area (Å²) in [5, 5.41) is 4.06. The smallest absolute Gasteiger partial charge is 0.295 e. The molecule has 0 N–H and O–H groups in total. The van der Waals surface area contributed by atoms with Crippen LogP contribution in [0.3, 0.4) is 0 Å². The monoisotopic (exact) mass is 1050 g/mol. The number of hydrogen-bond acceptors (Lipinski definition) is 7. The molecule has 0 aliphatic rings. The van der Waals surface area contributed by atoms with Crippen molar-refractivity contribution in [3.05, 3.63) is 169 Å². The van der Waals surface area contributed by atoms with E-state index >= 15 is 0 Å². The molecule has 0 spiro atoms. The van der Waals surface area contributed by atoms with Crippen molar-refractivity contribution in [1.29, 1.82) is 0 Å². The Hall–Kier alpha value is -3.96. The number of nitrogens with zero attached hydrogens (tertiary/aromatic N) is 4. The van der Waals surface area contributed by atoms with E-state index in [4.69, 9.17) is 0 Å². The third-order valence-electron chi connectivity index (χ3n) is 6.89. The van der Waals surface area contributed by atoms with Crippen LogP contribution in [0.25, 0.3) is 64.0 Å². The Balaban J connectivity index is 0.000000144. The molecular weight excluding hydrogens is 1020 g/mol. The van der Waals surface area contributed by atoms with Crippen molar-refractivity contribution in [3.63, 3.8) is 0 Å². The summed E-state index contributed by atoms with van der Waals surface area (Å²) in [5.41, 5.74) is 7.50. The summed E-state index contributed by atoms with van der Waals surface area (Å²) in [4.78, 5) is 17.6. The van der Waals surface area contributed by atoms with Gasteiger partial charge in [-0.2, -0.15) is 9.40 Å². The van der Waals surface area contributed by atoms with Gasteiger partial charge in [0.25, 0.3) is 0 Å². The topological polar surface area (TPSA) is 51.6 Å². The maximum absolute atomic E-state index is 4.62. The van der Waals surface area contributed by atoms with E-state index in [2.05, 4.69) is 44.2 Å².